The third-order valence-electron chi connectivity index (χ3n) is 2.36. The lowest BCUT2D eigenvalue weighted by molar-refractivity contribution is -0.138. The monoisotopic (exact) mass is 307 g/mol. The third-order valence-corrected chi connectivity index (χ3v) is 2.89. The van der Waals surface area contributed by atoms with Crippen molar-refractivity contribution in [1.29, 1.82) is 0 Å². The molecule has 0 saturated carbocycles. The first-order valence-electron chi connectivity index (χ1n) is 5.15. The highest BCUT2D eigenvalue weighted by Crippen LogP contribution is 2.20. The molecule has 0 aliphatic carbocycles. The van der Waals surface area contributed by atoms with Crippen LogP contribution < -0.4 is 5.73 Å². The topological polar surface area (TPSA) is 89.1 Å². The Balaban J connectivity index is 2.38. The minimum Gasteiger partial charge on any atom is -0.480 e. The summed E-state index contributed by atoms with van der Waals surface area (Å²) in [5.41, 5.74) is 6.99. The number of benzene rings is 1. The van der Waals surface area contributed by atoms with Gasteiger partial charge in [0, 0.05) is 16.2 Å². The fraction of sp³-hybridized carbons (Fsp3) is 0.0833. The second-order valence-corrected chi connectivity index (χ2v) is 4.54. The van der Waals surface area contributed by atoms with E-state index in [9.17, 15) is 4.79 Å². The van der Waals surface area contributed by atoms with Gasteiger partial charge >= 0.3 is 5.97 Å². The molecule has 0 radical (unpaired) electrons. The number of nitrogens with two attached hydrogens (primary N) is 1. The third kappa shape index (κ3) is 2.72. The molecule has 0 aliphatic rings. The molecule has 0 spiro atoms. The number of hydrogen-bond donors (Lipinski definition) is 2. The van der Waals surface area contributed by atoms with E-state index in [-0.39, 0.29) is 5.82 Å². The van der Waals surface area contributed by atoms with Crippen LogP contribution in [0.15, 0.2) is 41.0 Å². The van der Waals surface area contributed by atoms with E-state index in [1.54, 1.807) is 6.07 Å². The first-order chi connectivity index (χ1) is 8.58. The van der Waals surface area contributed by atoms with Gasteiger partial charge in [-0.1, -0.05) is 28.1 Å². The molecule has 0 bridgehead atoms. The van der Waals surface area contributed by atoms with Crippen molar-refractivity contribution in [2.75, 3.05) is 0 Å². The molecule has 1 atom stereocenters. The summed E-state index contributed by atoms with van der Waals surface area (Å²) in [6, 6.07) is 8.02. The maximum atomic E-state index is 10.8. The predicted molar refractivity (Wildman–Crippen MR) is 69.7 cm³/mol. The average molecular weight is 308 g/mol. The minimum absolute atomic E-state index is 0.0999. The van der Waals surface area contributed by atoms with Gasteiger partial charge in [-0.3, -0.25) is 4.79 Å². The van der Waals surface area contributed by atoms with E-state index in [2.05, 4.69) is 25.9 Å². The van der Waals surface area contributed by atoms with Crippen molar-refractivity contribution in [1.82, 2.24) is 9.97 Å². The van der Waals surface area contributed by atoms with Gasteiger partial charge < -0.3 is 10.8 Å². The number of carbonyl (C=O) groups is 1. The second kappa shape index (κ2) is 5.24. The molecule has 92 valence electrons. The lowest BCUT2D eigenvalue weighted by Gasteiger charge is -2.07. The van der Waals surface area contributed by atoms with Gasteiger partial charge in [0.15, 0.2) is 11.9 Å². The molecule has 18 heavy (non-hydrogen) atoms. The van der Waals surface area contributed by atoms with Gasteiger partial charge in [0.05, 0.1) is 5.69 Å². The van der Waals surface area contributed by atoms with Gasteiger partial charge in [-0.25, -0.2) is 9.97 Å². The van der Waals surface area contributed by atoms with Gasteiger partial charge in [-0.05, 0) is 18.2 Å². The van der Waals surface area contributed by atoms with E-state index in [0.717, 1.165) is 10.0 Å². The lowest BCUT2D eigenvalue weighted by Crippen LogP contribution is -2.23. The number of rotatable bonds is 3. The van der Waals surface area contributed by atoms with Gasteiger partial charge in [-0.2, -0.15) is 0 Å². The number of carboxylic acid groups (broad SMARTS) is 1. The van der Waals surface area contributed by atoms with Crippen LogP contribution in [0.1, 0.15) is 11.9 Å². The van der Waals surface area contributed by atoms with Crippen LogP contribution in [-0.4, -0.2) is 21.0 Å². The van der Waals surface area contributed by atoms with Crippen molar-refractivity contribution < 1.29 is 9.90 Å². The Kier molecular flexibility index (Phi) is 3.69. The van der Waals surface area contributed by atoms with E-state index >= 15 is 0 Å². The zero-order valence-corrected chi connectivity index (χ0v) is 10.8. The molecule has 1 aromatic carbocycles. The van der Waals surface area contributed by atoms with Crippen LogP contribution in [0, 0.1) is 0 Å². The fourth-order valence-corrected chi connectivity index (χ4v) is 1.68. The molecule has 0 amide bonds. The van der Waals surface area contributed by atoms with E-state index in [0.29, 0.717) is 5.69 Å². The van der Waals surface area contributed by atoms with E-state index in [4.69, 9.17) is 10.8 Å². The first-order valence-corrected chi connectivity index (χ1v) is 5.94. The minimum atomic E-state index is -1.21. The van der Waals surface area contributed by atoms with Crippen LogP contribution >= 0.6 is 15.9 Å². The molecule has 3 N–H and O–H groups in total. The average Bonchev–Trinajstić information content (AvgIpc) is 2.38. The van der Waals surface area contributed by atoms with Crippen molar-refractivity contribution in [3.8, 4) is 11.3 Å². The van der Waals surface area contributed by atoms with Gasteiger partial charge in [0.1, 0.15) is 0 Å². The Morgan fingerprint density at radius 2 is 1.94 bits per heavy atom. The highest BCUT2D eigenvalue weighted by atomic mass is 79.9. The van der Waals surface area contributed by atoms with Crippen LogP contribution in [0.2, 0.25) is 0 Å². The predicted octanol–water partition coefficient (Wildman–Crippen LogP) is 1.99. The molecule has 1 aromatic heterocycles. The molecule has 2 rings (SSSR count). The van der Waals surface area contributed by atoms with Crippen molar-refractivity contribution in [3.05, 3.63) is 46.8 Å². The van der Waals surface area contributed by atoms with Gasteiger partial charge in [0.2, 0.25) is 0 Å². The second-order valence-electron chi connectivity index (χ2n) is 3.62. The molecule has 2 aromatic rings. The summed E-state index contributed by atoms with van der Waals surface area (Å²) in [5.74, 6) is -1.05. The summed E-state index contributed by atoms with van der Waals surface area (Å²) in [6.07, 6.45) is 1.50. The van der Waals surface area contributed by atoms with Crippen LogP contribution in [0.3, 0.4) is 0 Å². The van der Waals surface area contributed by atoms with Crippen LogP contribution in [-0.2, 0) is 4.79 Å². The van der Waals surface area contributed by atoms with Crippen molar-refractivity contribution in [3.63, 3.8) is 0 Å². The van der Waals surface area contributed by atoms with Crippen LogP contribution in [0.5, 0.6) is 0 Å². The molecule has 0 fully saturated rings. The fourth-order valence-electron chi connectivity index (χ4n) is 1.42. The van der Waals surface area contributed by atoms with Crippen LogP contribution in [0.25, 0.3) is 11.3 Å². The van der Waals surface area contributed by atoms with Crippen molar-refractivity contribution in [2.45, 2.75) is 6.04 Å². The quantitative estimate of drug-likeness (QED) is 0.905. The molecule has 1 unspecified atom stereocenters. The molecule has 6 heteroatoms. The summed E-state index contributed by atoms with van der Waals surface area (Å²) < 4.78 is 0.961. The van der Waals surface area contributed by atoms with Gasteiger partial charge in [0.25, 0.3) is 0 Å². The zero-order valence-electron chi connectivity index (χ0n) is 9.25. The number of aromatic nitrogens is 2. The number of halogens is 1. The van der Waals surface area contributed by atoms with Crippen molar-refractivity contribution in [2.24, 2.45) is 5.73 Å². The molecular formula is C12H10BrN3O2. The Bertz CT molecular complexity index is 572. The Labute approximate surface area is 112 Å². The summed E-state index contributed by atoms with van der Waals surface area (Å²) in [6.45, 7) is 0. The Hall–Kier alpha value is -1.79. The molecule has 1 heterocycles. The summed E-state index contributed by atoms with van der Waals surface area (Å²) in [4.78, 5) is 18.8. The number of hydrogen-bond acceptors (Lipinski definition) is 4. The number of nitrogens with zero attached hydrogens (tertiary/aromatic N) is 2. The van der Waals surface area contributed by atoms with Crippen LogP contribution in [0.4, 0.5) is 0 Å². The zero-order chi connectivity index (χ0) is 13.1. The summed E-state index contributed by atoms with van der Waals surface area (Å²) in [7, 11) is 0. The first kappa shape index (κ1) is 12.7. The molecule has 0 saturated heterocycles. The highest BCUT2D eigenvalue weighted by Gasteiger charge is 2.17. The highest BCUT2D eigenvalue weighted by molar-refractivity contribution is 9.10. The normalized spacial score (nSPS) is 12.1. The molecular weight excluding hydrogens is 298 g/mol. The maximum Gasteiger partial charge on any atom is 0.328 e. The smallest absolute Gasteiger partial charge is 0.328 e. The van der Waals surface area contributed by atoms with E-state index in [1.165, 1.54) is 6.20 Å². The van der Waals surface area contributed by atoms with Gasteiger partial charge in [-0.15, -0.1) is 0 Å². The largest absolute Gasteiger partial charge is 0.480 e. The van der Waals surface area contributed by atoms with E-state index < -0.39 is 12.0 Å². The maximum absolute atomic E-state index is 10.8. The van der Waals surface area contributed by atoms with Crippen molar-refractivity contribution >= 4 is 21.9 Å². The summed E-state index contributed by atoms with van der Waals surface area (Å²) in [5, 5.41) is 8.82. The summed E-state index contributed by atoms with van der Waals surface area (Å²) >= 11 is 3.34. The number of aliphatic carboxylic acids is 1. The SMILES string of the molecule is NC(C(=O)O)c1nccc(-c2ccc(Br)cc2)n1. The molecule has 0 aliphatic heterocycles. The Morgan fingerprint density at radius 3 is 2.56 bits per heavy atom. The van der Waals surface area contributed by atoms with E-state index in [1.807, 2.05) is 24.3 Å². The lowest BCUT2D eigenvalue weighted by atomic mass is 10.1. The number of carboxylic acids is 1. The Morgan fingerprint density at radius 1 is 1.28 bits per heavy atom. The standard InChI is InChI=1S/C12H10BrN3O2/c13-8-3-1-7(2-4-8)9-5-6-15-11(16-9)10(14)12(17)18/h1-6,10H,14H2,(H,17,18). The molecule has 5 nitrogen and oxygen atoms in total.